The molecule has 6 rings (SSSR count). The van der Waals surface area contributed by atoms with E-state index in [1.165, 1.54) is 0 Å². The van der Waals surface area contributed by atoms with Crippen LogP contribution in [0.15, 0.2) is 48.7 Å². The second kappa shape index (κ2) is 14.8. The number of nitrogens with one attached hydrogen (secondary N) is 3. The first-order valence-electron chi connectivity index (χ1n) is 16.3. The standard InChI is InChI=1S/C36H41ClFN7O3/c1-22-26(6-4-7-28(22)43-36(47)35-42-29-21-45(16-5-14-38)17-13-30(29)44(35)2)27-12-15-40-34(33(27)37)23-8-9-24(31(18-23)48-3)19-39-20-25-10-11-32(46)41-25/h4,6-9,12,15,18,25,39H,5,10-11,13-14,16-17,19-21H2,1-3H3,(H,41,46)(H,43,47). The number of pyridine rings is 1. The van der Waals surface area contributed by atoms with E-state index in [-0.39, 0.29) is 24.5 Å². The van der Waals surface area contributed by atoms with Gasteiger partial charge in [-0.25, -0.2) is 4.98 Å². The molecule has 2 aliphatic heterocycles. The minimum Gasteiger partial charge on any atom is -0.496 e. The third kappa shape index (κ3) is 7.08. The van der Waals surface area contributed by atoms with Gasteiger partial charge in [-0.15, -0.1) is 0 Å². The van der Waals surface area contributed by atoms with Crippen LogP contribution in [-0.2, 0) is 31.4 Å². The summed E-state index contributed by atoms with van der Waals surface area (Å²) in [6.07, 6.45) is 4.41. The molecule has 1 unspecified atom stereocenters. The molecule has 252 valence electrons. The van der Waals surface area contributed by atoms with E-state index in [1.54, 1.807) is 13.3 Å². The quantitative estimate of drug-likeness (QED) is 0.183. The predicted octanol–water partition coefficient (Wildman–Crippen LogP) is 5.46. The molecule has 2 aromatic heterocycles. The van der Waals surface area contributed by atoms with Crippen molar-refractivity contribution in [3.8, 4) is 28.1 Å². The van der Waals surface area contributed by atoms with Crippen LogP contribution >= 0.6 is 11.6 Å². The fourth-order valence-corrected chi connectivity index (χ4v) is 6.93. The summed E-state index contributed by atoms with van der Waals surface area (Å²) in [5, 5.41) is 9.95. The summed E-state index contributed by atoms with van der Waals surface area (Å²) in [6, 6.07) is 13.7. The predicted molar refractivity (Wildman–Crippen MR) is 185 cm³/mol. The Morgan fingerprint density at radius 3 is 2.81 bits per heavy atom. The van der Waals surface area contributed by atoms with E-state index in [0.717, 1.165) is 58.6 Å². The number of aromatic nitrogens is 3. The number of halogens is 2. The Bertz CT molecular complexity index is 1830. The van der Waals surface area contributed by atoms with Crippen LogP contribution < -0.4 is 20.7 Å². The number of imidazole rings is 1. The molecule has 12 heteroatoms. The maximum atomic E-state index is 13.5. The Balaban J connectivity index is 1.19. The minimum absolute atomic E-state index is 0.102. The van der Waals surface area contributed by atoms with Crippen LogP contribution in [0.1, 0.15) is 52.4 Å². The Morgan fingerprint density at radius 1 is 1.19 bits per heavy atom. The van der Waals surface area contributed by atoms with E-state index in [1.807, 2.05) is 61.0 Å². The van der Waals surface area contributed by atoms with E-state index >= 15 is 0 Å². The molecule has 48 heavy (non-hydrogen) atoms. The topological polar surface area (TPSA) is 113 Å². The molecule has 0 spiro atoms. The van der Waals surface area contributed by atoms with Gasteiger partial charge < -0.3 is 25.3 Å². The normalized spacial score (nSPS) is 16.1. The summed E-state index contributed by atoms with van der Waals surface area (Å²) < 4.78 is 20.3. The van der Waals surface area contributed by atoms with Gasteiger partial charge in [-0.2, -0.15) is 0 Å². The molecule has 1 saturated heterocycles. The smallest absolute Gasteiger partial charge is 0.291 e. The first kappa shape index (κ1) is 33.6. The number of fused-ring (bicyclic) bond motifs is 1. The van der Waals surface area contributed by atoms with Crippen LogP contribution in [0.25, 0.3) is 22.4 Å². The fourth-order valence-electron chi connectivity index (χ4n) is 6.60. The number of nitrogens with zero attached hydrogens (tertiary/aromatic N) is 4. The van der Waals surface area contributed by atoms with E-state index in [4.69, 9.17) is 16.3 Å². The fraction of sp³-hybridized carbons (Fsp3) is 0.389. The van der Waals surface area contributed by atoms with Crippen LogP contribution in [0, 0.1) is 6.92 Å². The Labute approximate surface area is 285 Å². The lowest BCUT2D eigenvalue weighted by Crippen LogP contribution is -2.35. The summed E-state index contributed by atoms with van der Waals surface area (Å²) in [4.78, 5) is 36.5. The van der Waals surface area contributed by atoms with E-state index < -0.39 is 0 Å². The van der Waals surface area contributed by atoms with Crippen LogP contribution in [0.3, 0.4) is 0 Å². The minimum atomic E-state index is -0.339. The molecule has 1 atom stereocenters. The number of benzene rings is 2. The van der Waals surface area contributed by atoms with Crippen molar-refractivity contribution < 1.29 is 18.7 Å². The average molecular weight is 674 g/mol. The Morgan fingerprint density at radius 2 is 2.04 bits per heavy atom. The van der Waals surface area contributed by atoms with Crippen molar-refractivity contribution in [1.29, 1.82) is 0 Å². The van der Waals surface area contributed by atoms with Gasteiger partial charge in [0.05, 0.1) is 30.2 Å². The van der Waals surface area contributed by atoms with Crippen molar-refractivity contribution in [3.05, 3.63) is 82.0 Å². The van der Waals surface area contributed by atoms with Crippen molar-refractivity contribution in [1.82, 2.24) is 30.1 Å². The van der Waals surface area contributed by atoms with Gasteiger partial charge in [-0.3, -0.25) is 23.9 Å². The lowest BCUT2D eigenvalue weighted by atomic mass is 9.97. The van der Waals surface area contributed by atoms with Crippen LogP contribution in [0.5, 0.6) is 5.75 Å². The van der Waals surface area contributed by atoms with Gasteiger partial charge in [0, 0.05) is 92.9 Å². The monoisotopic (exact) mass is 673 g/mol. The maximum Gasteiger partial charge on any atom is 0.291 e. The number of anilines is 1. The number of ether oxygens (including phenoxy) is 1. The highest BCUT2D eigenvalue weighted by molar-refractivity contribution is 6.35. The van der Waals surface area contributed by atoms with Crippen LogP contribution in [0.2, 0.25) is 5.02 Å². The summed E-state index contributed by atoms with van der Waals surface area (Å²) in [5.74, 6) is 0.867. The zero-order valence-corrected chi connectivity index (χ0v) is 28.3. The number of hydrogen-bond donors (Lipinski definition) is 3. The molecule has 0 bridgehead atoms. The van der Waals surface area contributed by atoms with Gasteiger partial charge in [0.1, 0.15) is 5.75 Å². The Hall–Kier alpha value is -4.32. The molecule has 0 saturated carbocycles. The highest BCUT2D eigenvalue weighted by Gasteiger charge is 2.26. The third-order valence-corrected chi connectivity index (χ3v) is 9.64. The van der Waals surface area contributed by atoms with Gasteiger partial charge in [-0.05, 0) is 49.1 Å². The van der Waals surface area contributed by atoms with Gasteiger partial charge >= 0.3 is 0 Å². The maximum absolute atomic E-state index is 13.5. The van der Waals surface area contributed by atoms with Gasteiger partial charge in [-0.1, -0.05) is 35.9 Å². The molecular formula is C36H41ClFN7O3. The number of rotatable bonds is 12. The number of carbonyl (C=O) groups is 2. The second-order valence-corrected chi connectivity index (χ2v) is 12.7. The molecule has 4 heterocycles. The number of amides is 2. The number of hydrogen-bond acceptors (Lipinski definition) is 7. The zero-order chi connectivity index (χ0) is 33.8. The highest BCUT2D eigenvalue weighted by Crippen LogP contribution is 2.39. The third-order valence-electron chi connectivity index (χ3n) is 9.26. The highest BCUT2D eigenvalue weighted by atomic mass is 35.5. The number of carbonyl (C=O) groups excluding carboxylic acids is 2. The Kier molecular flexibility index (Phi) is 10.4. The number of methoxy groups -OCH3 is 1. The second-order valence-electron chi connectivity index (χ2n) is 12.4. The van der Waals surface area contributed by atoms with Crippen molar-refractivity contribution in [2.75, 3.05) is 38.7 Å². The van der Waals surface area contributed by atoms with Crippen LogP contribution in [-0.4, -0.2) is 70.7 Å². The molecule has 4 aromatic rings. The molecule has 1 fully saturated rings. The van der Waals surface area contributed by atoms with Crippen molar-refractivity contribution in [2.24, 2.45) is 7.05 Å². The molecular weight excluding hydrogens is 633 g/mol. The lowest BCUT2D eigenvalue weighted by molar-refractivity contribution is -0.119. The molecule has 0 aliphatic carbocycles. The largest absolute Gasteiger partial charge is 0.496 e. The lowest BCUT2D eigenvalue weighted by Gasteiger charge is -2.26. The van der Waals surface area contributed by atoms with Crippen molar-refractivity contribution >= 4 is 29.1 Å². The van der Waals surface area contributed by atoms with Gasteiger partial charge in [0.2, 0.25) is 5.91 Å². The SMILES string of the molecule is COc1cc(-c2nccc(-c3cccc(NC(=O)c4nc5c(n4C)CCN(CCCF)C5)c3C)c2Cl)ccc1CNCC1CCC(=O)N1. The average Bonchev–Trinajstić information content (AvgIpc) is 3.66. The molecule has 10 nitrogen and oxygen atoms in total. The summed E-state index contributed by atoms with van der Waals surface area (Å²) in [5.41, 5.74) is 7.51. The first-order valence-corrected chi connectivity index (χ1v) is 16.7. The molecule has 0 radical (unpaired) electrons. The molecule has 2 aromatic carbocycles. The molecule has 2 aliphatic rings. The number of alkyl halides is 1. The first-order chi connectivity index (χ1) is 23.3. The summed E-state index contributed by atoms with van der Waals surface area (Å²) >= 11 is 7.05. The summed E-state index contributed by atoms with van der Waals surface area (Å²) in [7, 11) is 3.51. The van der Waals surface area contributed by atoms with Crippen LogP contribution in [0.4, 0.5) is 10.1 Å². The summed E-state index contributed by atoms with van der Waals surface area (Å²) in [6.45, 7) is 5.01. The zero-order valence-electron chi connectivity index (χ0n) is 27.5. The molecule has 3 N–H and O–H groups in total. The molecule has 2 amide bonds. The van der Waals surface area contributed by atoms with E-state index in [2.05, 4.69) is 30.8 Å². The van der Waals surface area contributed by atoms with Crippen molar-refractivity contribution in [3.63, 3.8) is 0 Å². The van der Waals surface area contributed by atoms with Gasteiger partial charge in [0.25, 0.3) is 5.91 Å². The van der Waals surface area contributed by atoms with Crippen molar-refractivity contribution in [2.45, 2.75) is 51.7 Å². The van der Waals surface area contributed by atoms with E-state index in [9.17, 15) is 14.0 Å². The van der Waals surface area contributed by atoms with Gasteiger partial charge in [0.15, 0.2) is 5.82 Å². The van der Waals surface area contributed by atoms with E-state index in [0.29, 0.717) is 67.0 Å².